The summed E-state index contributed by atoms with van der Waals surface area (Å²) in [5, 5.41) is 14.5. The average Bonchev–Trinajstić information content (AvgIpc) is 3.07. The summed E-state index contributed by atoms with van der Waals surface area (Å²) >= 11 is 6.24. The van der Waals surface area contributed by atoms with E-state index in [1.807, 2.05) is 24.3 Å². The molecule has 1 aliphatic carbocycles. The third-order valence-electron chi connectivity index (χ3n) is 4.80. The molecule has 1 saturated heterocycles. The highest BCUT2D eigenvalue weighted by molar-refractivity contribution is 6.31. The molecule has 7 heteroatoms. The first-order valence-corrected chi connectivity index (χ1v) is 8.45. The van der Waals surface area contributed by atoms with Crippen LogP contribution in [0.1, 0.15) is 42.1 Å². The summed E-state index contributed by atoms with van der Waals surface area (Å²) in [6.45, 7) is 2.04. The Kier molecular flexibility index (Phi) is 3.81. The minimum Gasteiger partial charge on any atom is -0.391 e. The second kappa shape index (κ2) is 5.86. The lowest BCUT2D eigenvalue weighted by molar-refractivity contribution is -0.134. The number of hydrogen-bond donors (Lipinski definition) is 1. The van der Waals surface area contributed by atoms with Gasteiger partial charge in [-0.3, -0.25) is 4.79 Å². The van der Waals surface area contributed by atoms with E-state index in [0.717, 1.165) is 12.0 Å². The SMILES string of the molecule is Cc1noc([C@H]2C[C@@H](O)CN2C(=O)[C@H]2C[C@H]2c2ccccc2Cl)n1. The number of rotatable bonds is 3. The Morgan fingerprint density at radius 2 is 2.17 bits per heavy atom. The Morgan fingerprint density at radius 1 is 1.38 bits per heavy atom. The summed E-state index contributed by atoms with van der Waals surface area (Å²) in [5.41, 5.74) is 1.02. The second-order valence-electron chi connectivity index (χ2n) is 6.55. The summed E-state index contributed by atoms with van der Waals surface area (Å²) in [5.74, 6) is 1.000. The third kappa shape index (κ3) is 2.70. The molecule has 2 heterocycles. The number of aromatic nitrogens is 2. The van der Waals surface area contributed by atoms with Crippen molar-refractivity contribution in [3.05, 3.63) is 46.6 Å². The van der Waals surface area contributed by atoms with Crippen LogP contribution in [0.25, 0.3) is 0 Å². The normalized spacial score (nSPS) is 29.0. The van der Waals surface area contributed by atoms with Gasteiger partial charge in [0.1, 0.15) is 6.04 Å². The highest BCUT2D eigenvalue weighted by atomic mass is 35.5. The van der Waals surface area contributed by atoms with E-state index in [9.17, 15) is 9.90 Å². The first-order chi connectivity index (χ1) is 11.5. The van der Waals surface area contributed by atoms with Gasteiger partial charge in [-0.25, -0.2) is 0 Å². The van der Waals surface area contributed by atoms with Gasteiger partial charge in [0.25, 0.3) is 0 Å². The summed E-state index contributed by atoms with van der Waals surface area (Å²) in [7, 11) is 0. The fourth-order valence-corrected chi connectivity index (χ4v) is 3.82. The maximum absolute atomic E-state index is 12.9. The van der Waals surface area contributed by atoms with Crippen LogP contribution in [0.4, 0.5) is 0 Å². The van der Waals surface area contributed by atoms with Crippen molar-refractivity contribution in [2.24, 2.45) is 5.92 Å². The van der Waals surface area contributed by atoms with E-state index in [0.29, 0.717) is 29.7 Å². The van der Waals surface area contributed by atoms with Crippen LogP contribution in [0.15, 0.2) is 28.8 Å². The standard InChI is InChI=1S/C17H18ClN3O3/c1-9-19-16(24-20-9)15-6-10(22)8-21(15)17(23)13-7-12(13)11-4-2-3-5-14(11)18/h2-5,10,12-13,15,22H,6-8H2,1H3/t10-,12+,13+,15-/m1/s1. The van der Waals surface area contributed by atoms with Gasteiger partial charge in [0.15, 0.2) is 5.82 Å². The van der Waals surface area contributed by atoms with Crippen LogP contribution in [0, 0.1) is 12.8 Å². The summed E-state index contributed by atoms with van der Waals surface area (Å²) in [4.78, 5) is 18.8. The van der Waals surface area contributed by atoms with E-state index in [1.165, 1.54) is 0 Å². The van der Waals surface area contributed by atoms with Gasteiger partial charge in [-0.1, -0.05) is 35.0 Å². The summed E-state index contributed by atoms with van der Waals surface area (Å²) < 4.78 is 5.22. The van der Waals surface area contributed by atoms with Crippen molar-refractivity contribution in [2.45, 2.75) is 37.8 Å². The van der Waals surface area contributed by atoms with Gasteiger partial charge in [-0.2, -0.15) is 4.98 Å². The van der Waals surface area contributed by atoms with Gasteiger partial charge in [-0.05, 0) is 30.9 Å². The molecule has 1 saturated carbocycles. The van der Waals surface area contributed by atoms with Crippen LogP contribution in [0.3, 0.4) is 0 Å². The third-order valence-corrected chi connectivity index (χ3v) is 5.15. The van der Waals surface area contributed by atoms with Gasteiger partial charge in [0.2, 0.25) is 11.8 Å². The van der Waals surface area contributed by atoms with Crippen molar-refractivity contribution in [2.75, 3.05) is 6.54 Å². The number of aryl methyl sites for hydroxylation is 1. The lowest BCUT2D eigenvalue weighted by atomic mass is 10.1. The van der Waals surface area contributed by atoms with Crippen molar-refractivity contribution in [3.63, 3.8) is 0 Å². The molecule has 1 aliphatic heterocycles. The summed E-state index contributed by atoms with van der Waals surface area (Å²) in [6, 6.07) is 7.29. The molecule has 4 rings (SSSR count). The van der Waals surface area contributed by atoms with Crippen molar-refractivity contribution >= 4 is 17.5 Å². The number of halogens is 1. The minimum atomic E-state index is -0.566. The van der Waals surface area contributed by atoms with E-state index < -0.39 is 6.10 Å². The van der Waals surface area contributed by atoms with Gasteiger partial charge in [-0.15, -0.1) is 0 Å². The predicted molar refractivity (Wildman–Crippen MR) is 86.4 cm³/mol. The van der Waals surface area contributed by atoms with E-state index in [1.54, 1.807) is 11.8 Å². The van der Waals surface area contributed by atoms with Crippen LogP contribution in [0.2, 0.25) is 5.02 Å². The average molecular weight is 348 g/mol. The zero-order valence-electron chi connectivity index (χ0n) is 13.2. The Labute approximate surface area is 144 Å². The maximum atomic E-state index is 12.9. The molecule has 0 radical (unpaired) electrons. The predicted octanol–water partition coefficient (Wildman–Crippen LogP) is 2.47. The lowest BCUT2D eigenvalue weighted by Crippen LogP contribution is -2.33. The van der Waals surface area contributed by atoms with E-state index >= 15 is 0 Å². The number of benzene rings is 1. The number of amides is 1. The minimum absolute atomic E-state index is 0.0253. The first-order valence-electron chi connectivity index (χ1n) is 8.07. The number of carbonyl (C=O) groups excluding carboxylic acids is 1. The van der Waals surface area contributed by atoms with Crippen molar-refractivity contribution < 1.29 is 14.4 Å². The van der Waals surface area contributed by atoms with Gasteiger partial charge in [0.05, 0.1) is 6.10 Å². The highest BCUT2D eigenvalue weighted by Gasteiger charge is 2.50. The molecule has 6 nitrogen and oxygen atoms in total. The van der Waals surface area contributed by atoms with E-state index in [-0.39, 0.29) is 23.8 Å². The van der Waals surface area contributed by atoms with Crippen LogP contribution in [-0.2, 0) is 4.79 Å². The fourth-order valence-electron chi connectivity index (χ4n) is 3.54. The van der Waals surface area contributed by atoms with Crippen molar-refractivity contribution in [3.8, 4) is 0 Å². The Bertz CT molecular complexity index is 778. The van der Waals surface area contributed by atoms with E-state index in [2.05, 4.69) is 10.1 Å². The smallest absolute Gasteiger partial charge is 0.249 e. The van der Waals surface area contributed by atoms with Crippen LogP contribution < -0.4 is 0 Å². The Balaban J connectivity index is 1.53. The molecule has 2 fully saturated rings. The molecule has 0 unspecified atom stereocenters. The molecule has 1 aromatic heterocycles. The topological polar surface area (TPSA) is 79.5 Å². The van der Waals surface area contributed by atoms with Crippen molar-refractivity contribution in [1.82, 2.24) is 15.0 Å². The number of carbonyl (C=O) groups is 1. The lowest BCUT2D eigenvalue weighted by Gasteiger charge is -2.21. The molecule has 126 valence electrons. The zero-order valence-corrected chi connectivity index (χ0v) is 14.0. The second-order valence-corrected chi connectivity index (χ2v) is 6.95. The Morgan fingerprint density at radius 3 is 2.88 bits per heavy atom. The monoisotopic (exact) mass is 347 g/mol. The zero-order chi connectivity index (χ0) is 16.8. The maximum Gasteiger partial charge on any atom is 0.249 e. The molecule has 1 N–H and O–H groups in total. The van der Waals surface area contributed by atoms with Crippen LogP contribution >= 0.6 is 11.6 Å². The molecular formula is C17H18ClN3O3. The quantitative estimate of drug-likeness (QED) is 0.922. The molecule has 1 amide bonds. The van der Waals surface area contributed by atoms with Crippen LogP contribution in [-0.4, -0.2) is 38.7 Å². The largest absolute Gasteiger partial charge is 0.391 e. The molecule has 24 heavy (non-hydrogen) atoms. The van der Waals surface area contributed by atoms with Gasteiger partial charge < -0.3 is 14.5 Å². The number of hydrogen-bond acceptors (Lipinski definition) is 5. The molecular weight excluding hydrogens is 330 g/mol. The number of likely N-dealkylation sites (tertiary alicyclic amines) is 1. The molecule has 2 aromatic rings. The number of nitrogens with zero attached hydrogens (tertiary/aromatic N) is 3. The number of β-amino-alcohol motifs (C(OH)–C–C–N with tert-alkyl or cyclic N) is 1. The fraction of sp³-hybridized carbons (Fsp3) is 0.471. The molecule has 4 atom stereocenters. The van der Waals surface area contributed by atoms with Crippen LogP contribution in [0.5, 0.6) is 0 Å². The van der Waals surface area contributed by atoms with Crippen molar-refractivity contribution in [1.29, 1.82) is 0 Å². The number of aliphatic hydroxyl groups excluding tert-OH is 1. The first kappa shape index (κ1) is 15.6. The molecule has 1 aromatic carbocycles. The van der Waals surface area contributed by atoms with E-state index in [4.69, 9.17) is 16.1 Å². The number of aliphatic hydroxyl groups is 1. The van der Waals surface area contributed by atoms with Gasteiger partial charge >= 0.3 is 0 Å². The summed E-state index contributed by atoms with van der Waals surface area (Å²) in [6.07, 6.45) is 0.644. The Hall–Kier alpha value is -1.92. The molecule has 0 bridgehead atoms. The highest BCUT2D eigenvalue weighted by Crippen LogP contribution is 2.51. The molecule has 2 aliphatic rings. The van der Waals surface area contributed by atoms with Gasteiger partial charge in [0, 0.05) is 23.9 Å². The molecule has 0 spiro atoms.